The molecule has 0 bridgehead atoms. The number of rotatable bonds is 2. The Morgan fingerprint density at radius 2 is 2.24 bits per heavy atom. The Morgan fingerprint density at radius 1 is 1.47 bits per heavy atom. The van der Waals surface area contributed by atoms with Crippen molar-refractivity contribution in [3.05, 3.63) is 24.0 Å². The zero-order valence-electron chi connectivity index (χ0n) is 9.97. The van der Waals surface area contributed by atoms with Crippen molar-refractivity contribution < 1.29 is 14.3 Å². The zero-order chi connectivity index (χ0) is 12.4. The molecular formula is C12H16N2O3. The summed E-state index contributed by atoms with van der Waals surface area (Å²) in [5, 5.41) is 0. The Bertz CT molecular complexity index is 413. The molecule has 0 radical (unpaired) electrons. The molecule has 5 heteroatoms. The molecule has 1 amide bonds. The fourth-order valence-electron chi connectivity index (χ4n) is 2.22. The smallest absolute Gasteiger partial charge is 0.310 e. The van der Waals surface area contributed by atoms with Crippen molar-refractivity contribution in [1.29, 1.82) is 0 Å². The quantitative estimate of drug-likeness (QED) is 0.776. The van der Waals surface area contributed by atoms with Gasteiger partial charge in [0.15, 0.2) is 0 Å². The highest BCUT2D eigenvalue weighted by Crippen LogP contribution is 2.25. The monoisotopic (exact) mass is 236 g/mol. The highest BCUT2D eigenvalue weighted by molar-refractivity contribution is 5.93. The van der Waals surface area contributed by atoms with E-state index in [0.29, 0.717) is 18.8 Å². The maximum atomic E-state index is 12.1. The minimum Gasteiger partial charge on any atom is -0.469 e. The van der Waals surface area contributed by atoms with E-state index in [1.807, 2.05) is 6.92 Å². The number of hydrogen-bond acceptors (Lipinski definition) is 3. The third-order valence-electron chi connectivity index (χ3n) is 3.23. The number of H-pyrrole nitrogens is 1. The van der Waals surface area contributed by atoms with Gasteiger partial charge in [0.05, 0.1) is 13.0 Å². The first-order valence-corrected chi connectivity index (χ1v) is 5.64. The number of ether oxygens (including phenoxy) is 1. The standard InChI is InChI=1S/C12H16N2O3/c1-8-6-14(7-9(8)12(16)17-2)11(15)10-4-3-5-13-10/h3-5,8-9,13H,6-7H2,1-2H3. The lowest BCUT2D eigenvalue weighted by Crippen LogP contribution is -2.30. The summed E-state index contributed by atoms with van der Waals surface area (Å²) in [6.07, 6.45) is 1.71. The van der Waals surface area contributed by atoms with Gasteiger partial charge in [-0.3, -0.25) is 9.59 Å². The molecule has 1 saturated heterocycles. The lowest BCUT2D eigenvalue weighted by atomic mass is 9.99. The molecular weight excluding hydrogens is 220 g/mol. The number of carbonyl (C=O) groups excluding carboxylic acids is 2. The van der Waals surface area contributed by atoms with Gasteiger partial charge in [-0.05, 0) is 18.1 Å². The Morgan fingerprint density at radius 3 is 2.82 bits per heavy atom. The number of aromatic amines is 1. The van der Waals surface area contributed by atoms with Crippen LogP contribution in [0.3, 0.4) is 0 Å². The van der Waals surface area contributed by atoms with E-state index in [9.17, 15) is 9.59 Å². The summed E-state index contributed by atoms with van der Waals surface area (Å²) in [7, 11) is 1.38. The molecule has 1 N–H and O–H groups in total. The molecule has 0 saturated carbocycles. The first-order chi connectivity index (χ1) is 8.13. The van der Waals surface area contributed by atoms with E-state index in [4.69, 9.17) is 4.74 Å². The number of hydrogen-bond donors (Lipinski definition) is 1. The van der Waals surface area contributed by atoms with E-state index in [1.165, 1.54) is 7.11 Å². The molecule has 0 aromatic carbocycles. The van der Waals surface area contributed by atoms with Gasteiger partial charge in [-0.25, -0.2) is 0 Å². The van der Waals surface area contributed by atoms with Crippen LogP contribution in [0.25, 0.3) is 0 Å². The van der Waals surface area contributed by atoms with Crippen molar-refractivity contribution in [2.75, 3.05) is 20.2 Å². The summed E-state index contributed by atoms with van der Waals surface area (Å²) in [5.74, 6) is -0.368. The molecule has 92 valence electrons. The van der Waals surface area contributed by atoms with Crippen LogP contribution in [0.1, 0.15) is 17.4 Å². The van der Waals surface area contributed by atoms with Crippen molar-refractivity contribution in [1.82, 2.24) is 9.88 Å². The van der Waals surface area contributed by atoms with Crippen LogP contribution in [-0.2, 0) is 9.53 Å². The summed E-state index contributed by atoms with van der Waals surface area (Å²) < 4.78 is 4.74. The molecule has 17 heavy (non-hydrogen) atoms. The zero-order valence-corrected chi connectivity index (χ0v) is 9.97. The number of methoxy groups -OCH3 is 1. The topological polar surface area (TPSA) is 62.4 Å². The number of likely N-dealkylation sites (tertiary alicyclic amines) is 1. The Kier molecular flexibility index (Phi) is 3.17. The predicted molar refractivity (Wildman–Crippen MR) is 61.4 cm³/mol. The third-order valence-corrected chi connectivity index (χ3v) is 3.23. The van der Waals surface area contributed by atoms with Crippen molar-refractivity contribution in [3.8, 4) is 0 Å². The van der Waals surface area contributed by atoms with Crippen LogP contribution in [0.4, 0.5) is 0 Å². The second kappa shape index (κ2) is 4.61. The van der Waals surface area contributed by atoms with Crippen LogP contribution in [0, 0.1) is 11.8 Å². The van der Waals surface area contributed by atoms with Crippen LogP contribution in [-0.4, -0.2) is 42.0 Å². The van der Waals surface area contributed by atoms with E-state index in [0.717, 1.165) is 0 Å². The van der Waals surface area contributed by atoms with E-state index in [-0.39, 0.29) is 23.7 Å². The van der Waals surface area contributed by atoms with Crippen LogP contribution in [0.2, 0.25) is 0 Å². The van der Waals surface area contributed by atoms with Gasteiger partial charge in [0.1, 0.15) is 5.69 Å². The SMILES string of the molecule is COC(=O)C1CN(C(=O)c2ccc[nH]2)CC1C. The second-order valence-corrected chi connectivity index (χ2v) is 4.40. The molecule has 2 unspecified atom stereocenters. The maximum Gasteiger partial charge on any atom is 0.310 e. The number of esters is 1. The lowest BCUT2D eigenvalue weighted by molar-refractivity contribution is -0.146. The highest BCUT2D eigenvalue weighted by Gasteiger charge is 2.38. The average Bonchev–Trinajstić information content (AvgIpc) is 2.96. The van der Waals surface area contributed by atoms with Gasteiger partial charge >= 0.3 is 5.97 Å². The van der Waals surface area contributed by atoms with Gasteiger partial charge in [0, 0.05) is 19.3 Å². The van der Waals surface area contributed by atoms with Gasteiger partial charge in [0.2, 0.25) is 0 Å². The minimum atomic E-state index is -0.237. The average molecular weight is 236 g/mol. The van der Waals surface area contributed by atoms with Crippen LogP contribution in [0.15, 0.2) is 18.3 Å². The number of carbonyl (C=O) groups is 2. The summed E-state index contributed by atoms with van der Waals surface area (Å²) in [6, 6.07) is 3.52. The predicted octanol–water partition coefficient (Wildman–Crippen LogP) is 0.896. The molecule has 1 aromatic rings. The van der Waals surface area contributed by atoms with Crippen molar-refractivity contribution in [2.24, 2.45) is 11.8 Å². The summed E-state index contributed by atoms with van der Waals surface area (Å²) >= 11 is 0. The third kappa shape index (κ3) is 2.18. The number of aromatic nitrogens is 1. The molecule has 1 aromatic heterocycles. The number of nitrogens with zero attached hydrogens (tertiary/aromatic N) is 1. The summed E-state index contributed by atoms with van der Waals surface area (Å²) in [4.78, 5) is 28.1. The van der Waals surface area contributed by atoms with Gasteiger partial charge in [-0.2, -0.15) is 0 Å². The summed E-state index contributed by atoms with van der Waals surface area (Å²) in [6.45, 7) is 2.99. The second-order valence-electron chi connectivity index (χ2n) is 4.40. The first kappa shape index (κ1) is 11.7. The van der Waals surface area contributed by atoms with E-state index in [1.54, 1.807) is 23.2 Å². The van der Waals surface area contributed by atoms with Crippen molar-refractivity contribution in [3.63, 3.8) is 0 Å². The van der Waals surface area contributed by atoms with Crippen molar-refractivity contribution in [2.45, 2.75) is 6.92 Å². The van der Waals surface area contributed by atoms with Crippen molar-refractivity contribution >= 4 is 11.9 Å². The first-order valence-electron chi connectivity index (χ1n) is 5.64. The Balaban J connectivity index is 2.06. The molecule has 0 aliphatic carbocycles. The molecule has 2 heterocycles. The fourth-order valence-corrected chi connectivity index (χ4v) is 2.22. The maximum absolute atomic E-state index is 12.1. The molecule has 1 aliphatic heterocycles. The van der Waals surface area contributed by atoms with E-state index in [2.05, 4.69) is 4.98 Å². The molecule has 2 rings (SSSR count). The van der Waals surface area contributed by atoms with Gasteiger partial charge in [-0.15, -0.1) is 0 Å². The van der Waals surface area contributed by atoms with E-state index >= 15 is 0 Å². The van der Waals surface area contributed by atoms with Gasteiger partial charge in [0.25, 0.3) is 5.91 Å². The molecule has 5 nitrogen and oxygen atoms in total. The highest BCUT2D eigenvalue weighted by atomic mass is 16.5. The Hall–Kier alpha value is -1.78. The Labute approximate surface area is 99.8 Å². The van der Waals surface area contributed by atoms with E-state index < -0.39 is 0 Å². The van der Waals surface area contributed by atoms with Crippen LogP contribution >= 0.6 is 0 Å². The molecule has 1 fully saturated rings. The van der Waals surface area contributed by atoms with Crippen LogP contribution < -0.4 is 0 Å². The van der Waals surface area contributed by atoms with Crippen LogP contribution in [0.5, 0.6) is 0 Å². The fraction of sp³-hybridized carbons (Fsp3) is 0.500. The largest absolute Gasteiger partial charge is 0.469 e. The number of nitrogens with one attached hydrogen (secondary N) is 1. The molecule has 0 spiro atoms. The lowest BCUT2D eigenvalue weighted by Gasteiger charge is -2.14. The minimum absolute atomic E-state index is 0.0618. The summed E-state index contributed by atoms with van der Waals surface area (Å²) in [5.41, 5.74) is 0.558. The molecule has 1 aliphatic rings. The van der Waals surface area contributed by atoms with Gasteiger partial charge < -0.3 is 14.6 Å². The normalized spacial score (nSPS) is 23.8. The van der Waals surface area contributed by atoms with Gasteiger partial charge in [-0.1, -0.05) is 6.92 Å². The molecule has 2 atom stereocenters. The number of amides is 1.